The monoisotopic (exact) mass is 461 g/mol. The topological polar surface area (TPSA) is 92.6 Å². The fraction of sp³-hybridized carbons (Fsp3) is 0.200. The van der Waals surface area contributed by atoms with Crippen molar-refractivity contribution < 1.29 is 14.5 Å². The van der Waals surface area contributed by atoms with E-state index in [9.17, 15) is 19.7 Å². The highest BCUT2D eigenvalue weighted by Gasteiger charge is 2.35. The third-order valence-corrected chi connectivity index (χ3v) is 6.79. The molecule has 1 saturated heterocycles. The van der Waals surface area contributed by atoms with E-state index in [1.807, 2.05) is 49.1 Å². The summed E-state index contributed by atoms with van der Waals surface area (Å²) in [5.41, 5.74) is 5.09. The van der Waals surface area contributed by atoms with Crippen molar-refractivity contribution in [1.82, 2.24) is 0 Å². The fourth-order valence-corrected chi connectivity index (χ4v) is 5.09. The lowest BCUT2D eigenvalue weighted by atomic mass is 10.1. The van der Waals surface area contributed by atoms with E-state index in [2.05, 4.69) is 11.4 Å². The number of nitrogens with one attached hydrogen (secondary N) is 1. The highest BCUT2D eigenvalue weighted by molar-refractivity contribution is 8.00. The number of nitro groups is 1. The smallest absolute Gasteiger partial charge is 0.273 e. The molecule has 3 aromatic rings. The quantitative estimate of drug-likeness (QED) is 0.397. The van der Waals surface area contributed by atoms with Gasteiger partial charge in [0.05, 0.1) is 10.7 Å². The van der Waals surface area contributed by atoms with Gasteiger partial charge in [-0.05, 0) is 56.2 Å². The zero-order chi connectivity index (χ0) is 23.7. The summed E-state index contributed by atoms with van der Waals surface area (Å²) in [5.74, 6) is -0.0169. The van der Waals surface area contributed by atoms with Crippen molar-refractivity contribution in [3.8, 4) is 0 Å². The van der Waals surface area contributed by atoms with Crippen LogP contribution in [0.2, 0.25) is 0 Å². The van der Waals surface area contributed by atoms with E-state index in [0.717, 1.165) is 22.4 Å². The van der Waals surface area contributed by atoms with Crippen molar-refractivity contribution in [3.05, 3.63) is 98.6 Å². The molecule has 0 saturated carbocycles. The summed E-state index contributed by atoms with van der Waals surface area (Å²) in [4.78, 5) is 38.0. The SMILES string of the molecule is Cc1ccc(N2C(=O)CSC2c2cccc(NC(=O)c3ccc(C)c([N+](=O)[O-])c3)c2)c(C)c1. The Morgan fingerprint density at radius 2 is 1.85 bits per heavy atom. The number of rotatable bonds is 5. The van der Waals surface area contributed by atoms with Crippen molar-refractivity contribution in [3.63, 3.8) is 0 Å². The van der Waals surface area contributed by atoms with Crippen LogP contribution in [0.15, 0.2) is 60.7 Å². The normalized spacial score (nSPS) is 15.5. The first-order valence-corrected chi connectivity index (χ1v) is 11.5. The van der Waals surface area contributed by atoms with Gasteiger partial charge in [-0.3, -0.25) is 24.6 Å². The predicted molar refractivity (Wildman–Crippen MR) is 131 cm³/mol. The number of carbonyl (C=O) groups is 2. The molecule has 0 aliphatic carbocycles. The second-order valence-electron chi connectivity index (χ2n) is 8.06. The molecule has 0 bridgehead atoms. The molecule has 3 aromatic carbocycles. The number of thioether (sulfide) groups is 1. The molecule has 8 heteroatoms. The van der Waals surface area contributed by atoms with Crippen molar-refractivity contribution in [2.45, 2.75) is 26.1 Å². The highest BCUT2D eigenvalue weighted by Crippen LogP contribution is 2.43. The van der Waals surface area contributed by atoms with E-state index in [1.54, 1.807) is 25.1 Å². The number of hydrogen-bond donors (Lipinski definition) is 1. The number of hydrogen-bond acceptors (Lipinski definition) is 5. The van der Waals surface area contributed by atoms with Crippen LogP contribution in [-0.4, -0.2) is 22.5 Å². The maximum atomic E-state index is 12.7. The molecule has 168 valence electrons. The van der Waals surface area contributed by atoms with E-state index in [-0.39, 0.29) is 22.5 Å². The van der Waals surface area contributed by atoms with Gasteiger partial charge in [-0.2, -0.15) is 0 Å². The molecular formula is C25H23N3O4S. The number of benzene rings is 3. The van der Waals surface area contributed by atoms with Crippen molar-refractivity contribution in [1.29, 1.82) is 0 Å². The molecule has 1 atom stereocenters. The van der Waals surface area contributed by atoms with Gasteiger partial charge < -0.3 is 5.32 Å². The van der Waals surface area contributed by atoms with Gasteiger partial charge in [0.25, 0.3) is 11.6 Å². The standard InChI is InChI=1S/C25H23N3O4S/c1-15-7-10-21(17(3)11-15)27-23(29)14-33-25(27)19-5-4-6-20(12-19)26-24(30)18-9-8-16(2)22(13-18)28(31)32/h4-13,25H,14H2,1-3H3,(H,26,30). The average molecular weight is 462 g/mol. The summed E-state index contributed by atoms with van der Waals surface area (Å²) in [5, 5.41) is 13.8. The number of nitrogens with zero attached hydrogens (tertiary/aromatic N) is 2. The van der Waals surface area contributed by atoms with Crippen molar-refractivity contribution in [2.75, 3.05) is 16.0 Å². The molecule has 1 aliphatic heterocycles. The summed E-state index contributed by atoms with van der Waals surface area (Å²) in [6, 6.07) is 17.8. The lowest BCUT2D eigenvalue weighted by molar-refractivity contribution is -0.385. The second-order valence-corrected chi connectivity index (χ2v) is 9.12. The van der Waals surface area contributed by atoms with E-state index >= 15 is 0 Å². The minimum Gasteiger partial charge on any atom is -0.322 e. The molecule has 1 fully saturated rings. The molecule has 0 spiro atoms. The summed E-state index contributed by atoms with van der Waals surface area (Å²) in [6.07, 6.45) is 0. The Morgan fingerprint density at radius 1 is 1.06 bits per heavy atom. The van der Waals surface area contributed by atoms with E-state index in [0.29, 0.717) is 17.0 Å². The molecular weight excluding hydrogens is 438 g/mol. The molecule has 7 nitrogen and oxygen atoms in total. The number of carbonyl (C=O) groups excluding carboxylic acids is 2. The van der Waals surface area contributed by atoms with Crippen LogP contribution >= 0.6 is 11.8 Å². The van der Waals surface area contributed by atoms with Gasteiger partial charge in [-0.25, -0.2) is 0 Å². The third kappa shape index (κ3) is 4.61. The van der Waals surface area contributed by atoms with Crippen LogP contribution < -0.4 is 10.2 Å². The Hall–Kier alpha value is -3.65. The first-order chi connectivity index (χ1) is 15.7. The van der Waals surface area contributed by atoms with E-state index in [1.165, 1.54) is 17.8 Å². The number of anilines is 2. The molecule has 1 aliphatic rings. The van der Waals surface area contributed by atoms with Crippen LogP contribution in [0.4, 0.5) is 17.1 Å². The Kier molecular flexibility index (Phi) is 6.20. The summed E-state index contributed by atoms with van der Waals surface area (Å²) in [7, 11) is 0. The van der Waals surface area contributed by atoms with Crippen molar-refractivity contribution in [2.24, 2.45) is 0 Å². The Bertz CT molecular complexity index is 1270. The van der Waals surface area contributed by atoms with Crippen LogP contribution in [0.3, 0.4) is 0 Å². The first-order valence-electron chi connectivity index (χ1n) is 10.4. The highest BCUT2D eigenvalue weighted by atomic mass is 32.2. The largest absolute Gasteiger partial charge is 0.322 e. The molecule has 1 N–H and O–H groups in total. The van der Waals surface area contributed by atoms with Crippen LogP contribution in [0, 0.1) is 30.9 Å². The Balaban J connectivity index is 1.60. The van der Waals surface area contributed by atoms with Gasteiger partial charge >= 0.3 is 0 Å². The third-order valence-electron chi connectivity index (χ3n) is 5.58. The summed E-state index contributed by atoms with van der Waals surface area (Å²) < 4.78 is 0. The van der Waals surface area contributed by atoms with Crippen LogP contribution in [0.25, 0.3) is 0 Å². The first kappa shape index (κ1) is 22.5. The van der Waals surface area contributed by atoms with Gasteiger partial charge in [-0.15, -0.1) is 11.8 Å². The van der Waals surface area contributed by atoms with Gasteiger partial charge in [-0.1, -0.05) is 35.9 Å². The molecule has 0 aromatic heterocycles. The lowest BCUT2D eigenvalue weighted by Gasteiger charge is -2.26. The Labute approximate surface area is 196 Å². The van der Waals surface area contributed by atoms with Gasteiger partial charge in [0.2, 0.25) is 5.91 Å². The van der Waals surface area contributed by atoms with Crippen molar-refractivity contribution >= 4 is 40.6 Å². The minimum absolute atomic E-state index is 0.0401. The summed E-state index contributed by atoms with van der Waals surface area (Å²) >= 11 is 1.54. The number of aryl methyl sites for hydroxylation is 3. The molecule has 33 heavy (non-hydrogen) atoms. The number of amides is 2. The minimum atomic E-state index is -0.497. The molecule has 1 unspecified atom stereocenters. The zero-order valence-electron chi connectivity index (χ0n) is 18.5. The average Bonchev–Trinajstić information content (AvgIpc) is 3.15. The van der Waals surface area contributed by atoms with E-state index < -0.39 is 10.8 Å². The molecule has 1 heterocycles. The van der Waals surface area contributed by atoms with Gasteiger partial charge in [0.15, 0.2) is 0 Å². The zero-order valence-corrected chi connectivity index (χ0v) is 19.3. The second kappa shape index (κ2) is 9.07. The maximum Gasteiger partial charge on any atom is 0.273 e. The molecule has 4 rings (SSSR count). The molecule has 2 amide bonds. The van der Waals surface area contributed by atoms with E-state index in [4.69, 9.17) is 0 Å². The molecule has 0 radical (unpaired) electrons. The fourth-order valence-electron chi connectivity index (χ4n) is 3.93. The lowest BCUT2D eigenvalue weighted by Crippen LogP contribution is -2.28. The van der Waals surface area contributed by atoms with Gasteiger partial charge in [0, 0.05) is 28.6 Å². The van der Waals surface area contributed by atoms with Crippen LogP contribution in [0.5, 0.6) is 0 Å². The van der Waals surface area contributed by atoms with Gasteiger partial charge in [0.1, 0.15) is 5.37 Å². The predicted octanol–water partition coefficient (Wildman–Crippen LogP) is 5.55. The maximum absolute atomic E-state index is 12.7. The van der Waals surface area contributed by atoms with Crippen LogP contribution in [-0.2, 0) is 4.79 Å². The van der Waals surface area contributed by atoms with Crippen LogP contribution in [0.1, 0.15) is 38.0 Å². The Morgan fingerprint density at radius 3 is 2.58 bits per heavy atom. The summed E-state index contributed by atoms with van der Waals surface area (Å²) in [6.45, 7) is 5.64. The number of nitro benzene ring substituents is 1.